The largest absolute Gasteiger partial charge is 0.496 e. The van der Waals surface area contributed by atoms with Gasteiger partial charge in [-0.2, -0.15) is 0 Å². The van der Waals surface area contributed by atoms with E-state index in [4.69, 9.17) is 9.84 Å². The summed E-state index contributed by atoms with van der Waals surface area (Å²) in [6.07, 6.45) is -0.646. The van der Waals surface area contributed by atoms with Gasteiger partial charge in [-0.05, 0) is 34.7 Å². The van der Waals surface area contributed by atoms with Gasteiger partial charge < -0.3 is 4.74 Å². The van der Waals surface area contributed by atoms with Gasteiger partial charge >= 0.3 is 11.3 Å². The van der Waals surface area contributed by atoms with E-state index in [9.17, 15) is 9.59 Å². The van der Waals surface area contributed by atoms with Crippen molar-refractivity contribution in [3.63, 3.8) is 0 Å². The van der Waals surface area contributed by atoms with Crippen LogP contribution >= 0.6 is 11.8 Å². The second-order valence-corrected chi connectivity index (χ2v) is 7.76. The third-order valence-electron chi connectivity index (χ3n) is 4.80. The average molecular weight is 409 g/mol. The first-order valence-electron chi connectivity index (χ1n) is 9.27. The normalized spacial score (nSPS) is 14.9. The number of amides is 1. The number of aromatic amines is 1. The lowest BCUT2D eigenvalue weighted by Gasteiger charge is -2.31. The zero-order valence-corrected chi connectivity index (χ0v) is 17.2. The highest BCUT2D eigenvalue weighted by Crippen LogP contribution is 2.39. The van der Waals surface area contributed by atoms with Crippen molar-refractivity contribution in [3.05, 3.63) is 64.4 Å². The number of hydrogen-bond acceptors (Lipinski definition) is 5. The lowest BCUT2D eigenvalue weighted by Crippen LogP contribution is -2.60. The average Bonchev–Trinajstić information content (AvgIpc) is 2.72. The van der Waals surface area contributed by atoms with Crippen LogP contribution < -0.4 is 19.9 Å². The summed E-state index contributed by atoms with van der Waals surface area (Å²) in [6, 6.07) is 14.8. The highest BCUT2D eigenvalue weighted by atomic mass is 32.2. The maximum Gasteiger partial charge on any atom is 0.325 e. The molecule has 2 heterocycles. The summed E-state index contributed by atoms with van der Waals surface area (Å²) >= 11 is 1.44. The summed E-state index contributed by atoms with van der Waals surface area (Å²) in [4.78, 5) is 30.4. The lowest BCUT2D eigenvalue weighted by atomic mass is 10.0. The Bertz CT molecular complexity index is 1140. The number of ether oxygens (including phenoxy) is 1. The van der Waals surface area contributed by atoms with E-state index in [1.54, 1.807) is 16.7 Å². The molecule has 29 heavy (non-hydrogen) atoms. The Morgan fingerprint density at radius 3 is 2.69 bits per heavy atom. The number of fused-ring (bicyclic) bond motifs is 3. The van der Waals surface area contributed by atoms with Gasteiger partial charge in [0.05, 0.1) is 23.9 Å². The first kappa shape index (κ1) is 19.2. The second-order valence-electron chi connectivity index (χ2n) is 6.51. The molecule has 148 valence electrons. The molecule has 1 N–H and O–H groups in total. The van der Waals surface area contributed by atoms with Gasteiger partial charge in [-0.25, -0.2) is 4.90 Å². The fourth-order valence-electron chi connectivity index (χ4n) is 3.68. The molecule has 1 aromatic heterocycles. The number of anilines is 1. The number of methoxy groups -OCH3 is 1. The highest BCUT2D eigenvalue weighted by molar-refractivity contribution is 7.99. The van der Waals surface area contributed by atoms with Crippen molar-refractivity contribution in [3.8, 4) is 17.0 Å². The minimum Gasteiger partial charge on any atom is -0.496 e. The van der Waals surface area contributed by atoms with E-state index in [1.807, 2.05) is 55.5 Å². The van der Waals surface area contributed by atoms with E-state index in [-0.39, 0.29) is 11.5 Å². The van der Waals surface area contributed by atoms with Crippen molar-refractivity contribution in [2.45, 2.75) is 25.2 Å². The first-order chi connectivity index (χ1) is 14.1. The third-order valence-corrected chi connectivity index (χ3v) is 5.54. The summed E-state index contributed by atoms with van der Waals surface area (Å²) in [7, 11) is 1.59. The van der Waals surface area contributed by atoms with Crippen LogP contribution in [0.2, 0.25) is 0 Å². The number of hydrogen-bond donors (Lipinski definition) is 1. The number of nitrogens with one attached hydrogen (secondary N) is 1. The van der Waals surface area contributed by atoms with Crippen molar-refractivity contribution in [2.24, 2.45) is 0 Å². The van der Waals surface area contributed by atoms with Crippen LogP contribution in [0.5, 0.6) is 5.75 Å². The van der Waals surface area contributed by atoms with Gasteiger partial charge in [0.15, 0.2) is 0 Å². The summed E-state index contributed by atoms with van der Waals surface area (Å²) < 4.78 is 7.20. The number of nitrogens with zero attached hydrogens (tertiary/aromatic N) is 3. The molecular formula is C21H21N4O3S+. The quantitative estimate of drug-likeness (QED) is 0.530. The molecule has 2 aromatic carbocycles. The molecule has 8 heteroatoms. The monoisotopic (exact) mass is 409 g/mol. The van der Waals surface area contributed by atoms with Crippen LogP contribution in [-0.2, 0) is 4.79 Å². The molecule has 1 aliphatic rings. The predicted octanol–water partition coefficient (Wildman–Crippen LogP) is 2.76. The van der Waals surface area contributed by atoms with Gasteiger partial charge in [-0.3, -0.25) is 14.6 Å². The summed E-state index contributed by atoms with van der Waals surface area (Å²) in [5.74, 6) is 1.22. The summed E-state index contributed by atoms with van der Waals surface area (Å²) in [6.45, 7) is 3.50. The number of carbonyl (C=O) groups is 1. The fourth-order valence-corrected chi connectivity index (χ4v) is 4.26. The van der Waals surface area contributed by atoms with Gasteiger partial charge in [-0.1, -0.05) is 43.0 Å². The molecule has 1 amide bonds. The number of H-pyrrole nitrogens is 1. The van der Waals surface area contributed by atoms with E-state index < -0.39 is 6.17 Å². The number of benzene rings is 2. The Morgan fingerprint density at radius 1 is 1.24 bits per heavy atom. The number of thioether (sulfide) groups is 1. The summed E-state index contributed by atoms with van der Waals surface area (Å²) in [5, 5.41) is 5.21. The van der Waals surface area contributed by atoms with Gasteiger partial charge in [0.1, 0.15) is 5.75 Å². The number of aromatic nitrogens is 3. The maximum atomic E-state index is 13.1. The van der Waals surface area contributed by atoms with Crippen molar-refractivity contribution in [1.82, 2.24) is 10.1 Å². The SMILES string of the molecule is CCSc1n[n+]2c(c(=O)[nH]1)-c1ccccc1N(C(C)=O)C2c1ccccc1OC. The van der Waals surface area contributed by atoms with Gasteiger partial charge in [-0.15, -0.1) is 0 Å². The maximum absolute atomic E-state index is 13.1. The first-order valence-corrected chi connectivity index (χ1v) is 10.3. The Balaban J connectivity index is 2.09. The molecule has 1 unspecified atom stereocenters. The van der Waals surface area contributed by atoms with Crippen LogP contribution in [0.25, 0.3) is 11.3 Å². The van der Waals surface area contributed by atoms with Gasteiger partial charge in [0, 0.05) is 12.0 Å². The Labute approximate surface area is 172 Å². The number of rotatable bonds is 4. The van der Waals surface area contributed by atoms with Crippen molar-refractivity contribution >= 4 is 23.4 Å². The molecule has 0 saturated heterocycles. The van der Waals surface area contributed by atoms with Crippen molar-refractivity contribution in [2.75, 3.05) is 17.8 Å². The molecule has 0 radical (unpaired) electrons. The standard InChI is InChI=1S/C21H20N4O3S/c1-4-29-21-22-19(27)18-14-9-5-7-11-16(14)24(13(2)26)20(25(18)23-21)15-10-6-8-12-17(15)28-3/h5-12,20H,4H2,1-3H3/p+1. The van der Waals surface area contributed by atoms with Crippen LogP contribution in [-0.4, -0.2) is 28.9 Å². The van der Waals surface area contributed by atoms with Crippen LogP contribution in [0.3, 0.4) is 0 Å². The highest BCUT2D eigenvalue weighted by Gasteiger charge is 2.45. The van der Waals surface area contributed by atoms with Crippen LogP contribution in [0.4, 0.5) is 5.69 Å². The van der Waals surface area contributed by atoms with E-state index >= 15 is 0 Å². The lowest BCUT2D eigenvalue weighted by molar-refractivity contribution is -0.763. The third kappa shape index (κ3) is 3.19. The van der Waals surface area contributed by atoms with Crippen LogP contribution in [0.15, 0.2) is 58.5 Å². The smallest absolute Gasteiger partial charge is 0.325 e. The van der Waals surface area contributed by atoms with E-state index in [0.717, 1.165) is 11.3 Å². The fraction of sp³-hybridized carbons (Fsp3) is 0.238. The van der Waals surface area contributed by atoms with Gasteiger partial charge in [0.25, 0.3) is 6.17 Å². The second kappa shape index (κ2) is 7.71. The molecular weight excluding hydrogens is 388 g/mol. The van der Waals surface area contributed by atoms with E-state index in [0.29, 0.717) is 27.9 Å². The molecule has 0 saturated carbocycles. The minimum atomic E-state index is -0.646. The summed E-state index contributed by atoms with van der Waals surface area (Å²) in [5.41, 5.74) is 2.24. The molecule has 7 nitrogen and oxygen atoms in total. The van der Waals surface area contributed by atoms with E-state index in [2.05, 4.69) is 4.98 Å². The number of carbonyl (C=O) groups excluding carboxylic acids is 1. The van der Waals surface area contributed by atoms with Crippen LogP contribution in [0, 0.1) is 0 Å². The molecule has 0 fully saturated rings. The van der Waals surface area contributed by atoms with Crippen molar-refractivity contribution < 1.29 is 14.2 Å². The topological polar surface area (TPSA) is 79.2 Å². The molecule has 1 atom stereocenters. The Hall–Kier alpha value is -3.13. The zero-order valence-electron chi connectivity index (χ0n) is 16.4. The minimum absolute atomic E-state index is 0.154. The molecule has 0 aliphatic carbocycles. The van der Waals surface area contributed by atoms with E-state index in [1.165, 1.54) is 18.7 Å². The predicted molar refractivity (Wildman–Crippen MR) is 111 cm³/mol. The number of para-hydroxylation sites is 2. The van der Waals surface area contributed by atoms with Gasteiger partial charge in [0.2, 0.25) is 11.1 Å². The molecule has 3 aromatic rings. The Kier molecular flexibility index (Phi) is 5.10. The molecule has 0 spiro atoms. The van der Waals surface area contributed by atoms with Crippen molar-refractivity contribution in [1.29, 1.82) is 0 Å². The van der Waals surface area contributed by atoms with Crippen LogP contribution in [0.1, 0.15) is 25.6 Å². The molecule has 4 rings (SSSR count). The molecule has 0 bridgehead atoms. The Morgan fingerprint density at radius 2 is 1.97 bits per heavy atom. The molecule has 1 aliphatic heterocycles. The zero-order chi connectivity index (χ0) is 20.5.